The van der Waals surface area contributed by atoms with Crippen LogP contribution in [0.1, 0.15) is 37.9 Å². The molecule has 128 valence electrons. The van der Waals surface area contributed by atoms with Crippen LogP contribution >= 0.6 is 0 Å². The van der Waals surface area contributed by atoms with E-state index >= 15 is 0 Å². The summed E-state index contributed by atoms with van der Waals surface area (Å²) in [6.45, 7) is 5.91. The van der Waals surface area contributed by atoms with Crippen LogP contribution in [0, 0.1) is 0 Å². The molecule has 24 heavy (non-hydrogen) atoms. The van der Waals surface area contributed by atoms with Gasteiger partial charge in [0.05, 0.1) is 25.7 Å². The van der Waals surface area contributed by atoms with Crippen molar-refractivity contribution in [3.63, 3.8) is 0 Å². The molecule has 0 aliphatic heterocycles. The van der Waals surface area contributed by atoms with E-state index in [1.807, 2.05) is 69.3 Å². The lowest BCUT2D eigenvalue weighted by Gasteiger charge is -2.16. The lowest BCUT2D eigenvalue weighted by Crippen LogP contribution is -2.28. The Hall–Kier alpha value is -2.49. The van der Waals surface area contributed by atoms with E-state index in [1.54, 1.807) is 7.11 Å². The first-order valence-corrected chi connectivity index (χ1v) is 8.17. The number of hydrogen-bond acceptors (Lipinski definition) is 3. The van der Waals surface area contributed by atoms with Crippen molar-refractivity contribution in [2.24, 2.45) is 0 Å². The number of ether oxygens (including phenoxy) is 2. The lowest BCUT2D eigenvalue weighted by atomic mass is 10.1. The fraction of sp³-hybridized carbons (Fsp3) is 0.350. The Morgan fingerprint density at radius 2 is 1.75 bits per heavy atom. The van der Waals surface area contributed by atoms with Gasteiger partial charge in [-0.25, -0.2) is 0 Å². The molecule has 1 amide bonds. The van der Waals surface area contributed by atoms with Crippen molar-refractivity contribution < 1.29 is 14.3 Å². The molecular formula is C20H25NO3. The van der Waals surface area contributed by atoms with Gasteiger partial charge in [-0.05, 0) is 44.0 Å². The molecule has 0 aliphatic carbocycles. The van der Waals surface area contributed by atoms with Crippen molar-refractivity contribution in [2.75, 3.05) is 7.11 Å². The van der Waals surface area contributed by atoms with Crippen LogP contribution in [0.5, 0.6) is 11.5 Å². The number of methoxy groups -OCH3 is 1. The molecule has 0 aliphatic rings. The number of carbonyl (C=O) groups is 1. The molecule has 1 N–H and O–H groups in total. The van der Waals surface area contributed by atoms with Crippen molar-refractivity contribution in [2.45, 2.75) is 39.3 Å². The number of benzene rings is 2. The maximum atomic E-state index is 12.3. The summed E-state index contributed by atoms with van der Waals surface area (Å²) in [4.78, 5) is 12.3. The lowest BCUT2D eigenvalue weighted by molar-refractivity contribution is -0.121. The van der Waals surface area contributed by atoms with E-state index < -0.39 is 0 Å². The van der Waals surface area contributed by atoms with Gasteiger partial charge in [-0.1, -0.05) is 36.4 Å². The fourth-order valence-corrected chi connectivity index (χ4v) is 2.48. The minimum atomic E-state index is -0.0239. The molecule has 2 aromatic rings. The van der Waals surface area contributed by atoms with Crippen LogP contribution in [0.3, 0.4) is 0 Å². The normalized spacial score (nSPS) is 11.9. The number of hydrogen-bond donors (Lipinski definition) is 1. The van der Waals surface area contributed by atoms with Crippen LogP contribution < -0.4 is 14.8 Å². The zero-order valence-corrected chi connectivity index (χ0v) is 14.7. The zero-order chi connectivity index (χ0) is 17.5. The van der Waals surface area contributed by atoms with Gasteiger partial charge in [0.25, 0.3) is 0 Å². The smallest absolute Gasteiger partial charge is 0.224 e. The highest BCUT2D eigenvalue weighted by Gasteiger charge is 2.12. The predicted octanol–water partition coefficient (Wildman–Crippen LogP) is 3.90. The first-order valence-electron chi connectivity index (χ1n) is 8.17. The molecule has 0 unspecified atom stereocenters. The zero-order valence-electron chi connectivity index (χ0n) is 14.7. The highest BCUT2D eigenvalue weighted by atomic mass is 16.5. The van der Waals surface area contributed by atoms with Crippen LogP contribution in [-0.2, 0) is 11.2 Å². The van der Waals surface area contributed by atoms with Gasteiger partial charge < -0.3 is 14.8 Å². The molecule has 2 rings (SSSR count). The van der Waals surface area contributed by atoms with E-state index in [9.17, 15) is 4.79 Å². The number of amides is 1. The summed E-state index contributed by atoms with van der Waals surface area (Å²) in [7, 11) is 1.60. The molecule has 0 saturated heterocycles. The molecule has 0 heterocycles. The highest BCUT2D eigenvalue weighted by molar-refractivity contribution is 5.79. The Kier molecular flexibility index (Phi) is 6.24. The van der Waals surface area contributed by atoms with Gasteiger partial charge in [0.1, 0.15) is 0 Å². The van der Waals surface area contributed by atoms with Crippen molar-refractivity contribution in [3.05, 3.63) is 59.7 Å². The van der Waals surface area contributed by atoms with Gasteiger partial charge >= 0.3 is 0 Å². The van der Waals surface area contributed by atoms with Gasteiger partial charge in [-0.15, -0.1) is 0 Å². The van der Waals surface area contributed by atoms with Crippen molar-refractivity contribution in [3.8, 4) is 11.5 Å². The largest absolute Gasteiger partial charge is 0.493 e. The third-order valence-electron chi connectivity index (χ3n) is 3.63. The molecular weight excluding hydrogens is 302 g/mol. The molecule has 0 radical (unpaired) electrons. The van der Waals surface area contributed by atoms with Crippen LogP contribution in [0.4, 0.5) is 0 Å². The average molecular weight is 327 g/mol. The Bertz CT molecular complexity index is 668. The van der Waals surface area contributed by atoms with E-state index in [-0.39, 0.29) is 18.1 Å². The minimum Gasteiger partial charge on any atom is -0.493 e. The van der Waals surface area contributed by atoms with Crippen LogP contribution in [0.25, 0.3) is 0 Å². The summed E-state index contributed by atoms with van der Waals surface area (Å²) >= 11 is 0. The van der Waals surface area contributed by atoms with Crippen molar-refractivity contribution in [1.29, 1.82) is 0 Å². The summed E-state index contributed by atoms with van der Waals surface area (Å²) in [6.07, 6.45) is 0.370. The van der Waals surface area contributed by atoms with Gasteiger partial charge in [0.15, 0.2) is 11.5 Å². The molecule has 1 atom stereocenters. The second-order valence-corrected chi connectivity index (χ2v) is 6.03. The molecule has 0 saturated carbocycles. The Morgan fingerprint density at radius 3 is 2.38 bits per heavy atom. The molecule has 4 heteroatoms. The fourth-order valence-electron chi connectivity index (χ4n) is 2.48. The second kappa shape index (κ2) is 8.39. The van der Waals surface area contributed by atoms with E-state index in [2.05, 4.69) is 5.32 Å². The topological polar surface area (TPSA) is 47.6 Å². The molecule has 0 bridgehead atoms. The third kappa shape index (κ3) is 5.01. The number of rotatable bonds is 7. The Morgan fingerprint density at radius 1 is 1.04 bits per heavy atom. The van der Waals surface area contributed by atoms with Gasteiger partial charge in [0.2, 0.25) is 5.91 Å². The quantitative estimate of drug-likeness (QED) is 0.839. The Balaban J connectivity index is 2.01. The van der Waals surface area contributed by atoms with E-state index in [0.29, 0.717) is 17.9 Å². The molecule has 0 spiro atoms. The molecule has 0 fully saturated rings. The summed E-state index contributed by atoms with van der Waals surface area (Å²) in [5.41, 5.74) is 1.98. The van der Waals surface area contributed by atoms with Gasteiger partial charge in [-0.2, -0.15) is 0 Å². The highest BCUT2D eigenvalue weighted by Crippen LogP contribution is 2.29. The number of carbonyl (C=O) groups excluding carboxylic acids is 1. The van der Waals surface area contributed by atoms with E-state index in [4.69, 9.17) is 9.47 Å². The predicted molar refractivity (Wildman–Crippen MR) is 95.5 cm³/mol. The first-order chi connectivity index (χ1) is 11.5. The van der Waals surface area contributed by atoms with Crippen molar-refractivity contribution in [1.82, 2.24) is 5.32 Å². The SMILES string of the molecule is COc1cc(CC(=O)N[C@@H](C)c2ccccc2)ccc1OC(C)C. The van der Waals surface area contributed by atoms with E-state index in [0.717, 1.165) is 11.1 Å². The van der Waals surface area contributed by atoms with Crippen LogP contribution in [-0.4, -0.2) is 19.1 Å². The first kappa shape index (κ1) is 17.9. The van der Waals surface area contributed by atoms with Crippen LogP contribution in [0.15, 0.2) is 48.5 Å². The molecule has 2 aromatic carbocycles. The van der Waals surface area contributed by atoms with Gasteiger partial charge in [-0.3, -0.25) is 4.79 Å². The van der Waals surface area contributed by atoms with E-state index in [1.165, 1.54) is 0 Å². The minimum absolute atomic E-state index is 0.0223. The summed E-state index contributed by atoms with van der Waals surface area (Å²) in [5.74, 6) is 1.31. The molecule has 4 nitrogen and oxygen atoms in total. The summed E-state index contributed by atoms with van der Waals surface area (Å²) in [6, 6.07) is 15.5. The van der Waals surface area contributed by atoms with Crippen LogP contribution in [0.2, 0.25) is 0 Å². The molecule has 0 aromatic heterocycles. The Labute approximate surface area is 143 Å². The van der Waals surface area contributed by atoms with Crippen molar-refractivity contribution >= 4 is 5.91 Å². The standard InChI is InChI=1S/C20H25NO3/c1-14(2)24-18-11-10-16(12-19(18)23-4)13-20(22)21-15(3)17-8-6-5-7-9-17/h5-12,14-15H,13H2,1-4H3,(H,21,22)/t15-/m0/s1. The maximum absolute atomic E-state index is 12.3. The average Bonchev–Trinajstić information content (AvgIpc) is 2.56. The van der Waals surface area contributed by atoms with Gasteiger partial charge in [0, 0.05) is 0 Å². The number of nitrogens with one attached hydrogen (secondary N) is 1. The monoisotopic (exact) mass is 327 g/mol. The third-order valence-corrected chi connectivity index (χ3v) is 3.63. The second-order valence-electron chi connectivity index (χ2n) is 6.03. The summed E-state index contributed by atoms with van der Waals surface area (Å²) < 4.78 is 11.1. The maximum Gasteiger partial charge on any atom is 0.224 e. The summed E-state index contributed by atoms with van der Waals surface area (Å²) in [5, 5.41) is 3.02.